The number of aliphatic hydroxyl groups excluding tert-OH is 2. The Balaban J connectivity index is 2.15. The third-order valence-corrected chi connectivity index (χ3v) is 2.47. The van der Waals surface area contributed by atoms with Crippen molar-refractivity contribution in [2.75, 3.05) is 0 Å². The molecule has 15 heavy (non-hydrogen) atoms. The molecule has 1 aromatic rings. The molecule has 1 fully saturated rings. The molecule has 0 radical (unpaired) electrons. The molecule has 1 heterocycles. The monoisotopic (exact) mass is 208 g/mol. The van der Waals surface area contributed by atoms with Crippen LogP contribution in [0.15, 0.2) is 30.3 Å². The molecule has 2 N–H and O–H groups in total. The van der Waals surface area contributed by atoms with Crippen LogP contribution in [0.4, 0.5) is 0 Å². The van der Waals surface area contributed by atoms with Crippen molar-refractivity contribution in [2.24, 2.45) is 0 Å². The molecule has 0 spiro atoms. The van der Waals surface area contributed by atoms with Crippen LogP contribution < -0.4 is 0 Å². The summed E-state index contributed by atoms with van der Waals surface area (Å²) in [6.45, 7) is 0. The van der Waals surface area contributed by atoms with Gasteiger partial charge in [-0.15, -0.1) is 0 Å². The van der Waals surface area contributed by atoms with E-state index in [-0.39, 0.29) is 6.42 Å². The van der Waals surface area contributed by atoms with Gasteiger partial charge >= 0.3 is 5.97 Å². The van der Waals surface area contributed by atoms with Crippen LogP contribution in [0.5, 0.6) is 0 Å². The smallest absolute Gasteiger partial charge is 0.309 e. The third kappa shape index (κ3) is 2.00. The Kier molecular flexibility index (Phi) is 2.70. The maximum Gasteiger partial charge on any atom is 0.309 e. The van der Waals surface area contributed by atoms with Crippen LogP contribution in [0.1, 0.15) is 18.1 Å². The van der Waals surface area contributed by atoms with E-state index in [0.29, 0.717) is 5.56 Å². The summed E-state index contributed by atoms with van der Waals surface area (Å²) in [6, 6.07) is 8.84. The summed E-state index contributed by atoms with van der Waals surface area (Å²) in [6.07, 6.45) is -2.78. The van der Waals surface area contributed by atoms with E-state index in [1.807, 2.05) is 6.07 Å². The number of cyclic esters (lactones) is 1. The van der Waals surface area contributed by atoms with E-state index in [9.17, 15) is 15.0 Å². The second kappa shape index (κ2) is 4.00. The second-order valence-corrected chi connectivity index (χ2v) is 3.58. The summed E-state index contributed by atoms with van der Waals surface area (Å²) in [5.41, 5.74) is 0.635. The maximum atomic E-state index is 10.9. The SMILES string of the molecule is O=C1C[C@@H](O)[C@@H]([C@@H](O)c2ccccc2)O1. The molecule has 1 saturated heterocycles. The number of rotatable bonds is 2. The highest BCUT2D eigenvalue weighted by Gasteiger charge is 2.38. The molecule has 0 bridgehead atoms. The molecule has 0 saturated carbocycles. The fourth-order valence-corrected chi connectivity index (χ4v) is 1.68. The summed E-state index contributed by atoms with van der Waals surface area (Å²) >= 11 is 0. The zero-order valence-electron chi connectivity index (χ0n) is 8.04. The number of carbonyl (C=O) groups is 1. The van der Waals surface area contributed by atoms with Crippen LogP contribution in [-0.4, -0.2) is 28.4 Å². The number of carbonyl (C=O) groups excluding carboxylic acids is 1. The van der Waals surface area contributed by atoms with E-state index in [1.165, 1.54) is 0 Å². The lowest BCUT2D eigenvalue weighted by molar-refractivity contribution is -0.146. The van der Waals surface area contributed by atoms with Crippen molar-refractivity contribution < 1.29 is 19.7 Å². The lowest BCUT2D eigenvalue weighted by Gasteiger charge is -2.19. The topological polar surface area (TPSA) is 66.8 Å². The standard InChI is InChI=1S/C11H12O4/c12-8-6-9(13)15-11(8)10(14)7-4-2-1-3-5-7/h1-5,8,10-12,14H,6H2/t8-,10+,11+/m1/s1. The van der Waals surface area contributed by atoms with Crippen molar-refractivity contribution in [3.05, 3.63) is 35.9 Å². The van der Waals surface area contributed by atoms with Crippen LogP contribution in [0.2, 0.25) is 0 Å². The molecule has 4 nitrogen and oxygen atoms in total. The summed E-state index contributed by atoms with van der Waals surface area (Å²) in [5.74, 6) is -0.470. The number of benzene rings is 1. The average Bonchev–Trinajstić information content (AvgIpc) is 2.58. The Bertz CT molecular complexity index is 349. The van der Waals surface area contributed by atoms with Crippen molar-refractivity contribution in [3.8, 4) is 0 Å². The van der Waals surface area contributed by atoms with Gasteiger partial charge in [0, 0.05) is 0 Å². The number of hydrogen-bond donors (Lipinski definition) is 2. The number of esters is 1. The van der Waals surface area contributed by atoms with E-state index in [0.717, 1.165) is 0 Å². The van der Waals surface area contributed by atoms with Crippen molar-refractivity contribution in [3.63, 3.8) is 0 Å². The van der Waals surface area contributed by atoms with E-state index in [4.69, 9.17) is 4.74 Å². The van der Waals surface area contributed by atoms with Crippen LogP contribution in [0.25, 0.3) is 0 Å². The predicted octanol–water partition coefficient (Wildman–Crippen LogP) is 0.396. The van der Waals surface area contributed by atoms with Crippen molar-refractivity contribution in [2.45, 2.75) is 24.7 Å². The molecule has 0 unspecified atom stereocenters. The average molecular weight is 208 g/mol. The number of aliphatic hydroxyl groups is 2. The fourth-order valence-electron chi connectivity index (χ4n) is 1.68. The third-order valence-electron chi connectivity index (χ3n) is 2.47. The van der Waals surface area contributed by atoms with Crippen LogP contribution in [-0.2, 0) is 9.53 Å². The van der Waals surface area contributed by atoms with Gasteiger partial charge in [0.2, 0.25) is 0 Å². The Morgan fingerprint density at radius 3 is 2.53 bits per heavy atom. The van der Waals surface area contributed by atoms with Gasteiger partial charge in [-0.1, -0.05) is 30.3 Å². The van der Waals surface area contributed by atoms with Crippen LogP contribution in [0.3, 0.4) is 0 Å². The van der Waals surface area contributed by atoms with Gasteiger partial charge in [-0.25, -0.2) is 0 Å². The van der Waals surface area contributed by atoms with Gasteiger partial charge < -0.3 is 14.9 Å². The van der Waals surface area contributed by atoms with Crippen LogP contribution >= 0.6 is 0 Å². The molecule has 0 aliphatic carbocycles. The van der Waals surface area contributed by atoms with Gasteiger partial charge in [-0.05, 0) is 5.56 Å². The lowest BCUT2D eigenvalue weighted by atomic mass is 10.0. The molecule has 1 aliphatic rings. The first-order valence-electron chi connectivity index (χ1n) is 4.79. The molecule has 80 valence electrons. The number of hydrogen-bond acceptors (Lipinski definition) is 4. The highest BCUT2D eigenvalue weighted by molar-refractivity contribution is 5.72. The van der Waals surface area contributed by atoms with E-state index < -0.39 is 24.3 Å². The minimum absolute atomic E-state index is 0.0471. The second-order valence-electron chi connectivity index (χ2n) is 3.58. The Hall–Kier alpha value is -1.39. The van der Waals surface area contributed by atoms with Gasteiger partial charge in [0.15, 0.2) is 6.10 Å². The highest BCUT2D eigenvalue weighted by atomic mass is 16.6. The van der Waals surface area contributed by atoms with E-state index in [2.05, 4.69) is 0 Å². The quantitative estimate of drug-likeness (QED) is 0.690. The molecular formula is C11H12O4. The lowest BCUT2D eigenvalue weighted by Crippen LogP contribution is -2.28. The van der Waals surface area contributed by atoms with Gasteiger partial charge in [-0.2, -0.15) is 0 Å². The molecular weight excluding hydrogens is 196 g/mol. The molecule has 4 heteroatoms. The summed E-state index contributed by atoms with van der Waals surface area (Å²) in [4.78, 5) is 10.9. The van der Waals surface area contributed by atoms with Gasteiger partial charge in [0.25, 0.3) is 0 Å². The number of ether oxygens (including phenoxy) is 1. The Morgan fingerprint density at radius 2 is 2.00 bits per heavy atom. The Morgan fingerprint density at radius 1 is 1.33 bits per heavy atom. The molecule has 0 aromatic heterocycles. The first-order valence-corrected chi connectivity index (χ1v) is 4.79. The van der Waals surface area contributed by atoms with E-state index >= 15 is 0 Å². The minimum atomic E-state index is -0.965. The van der Waals surface area contributed by atoms with Crippen molar-refractivity contribution in [1.29, 1.82) is 0 Å². The zero-order valence-corrected chi connectivity index (χ0v) is 8.04. The first-order chi connectivity index (χ1) is 7.18. The molecule has 0 amide bonds. The fraction of sp³-hybridized carbons (Fsp3) is 0.364. The minimum Gasteiger partial charge on any atom is -0.456 e. The molecule has 3 atom stereocenters. The van der Waals surface area contributed by atoms with Gasteiger partial charge in [-0.3, -0.25) is 4.79 Å². The van der Waals surface area contributed by atoms with Crippen molar-refractivity contribution in [1.82, 2.24) is 0 Å². The van der Waals surface area contributed by atoms with Crippen molar-refractivity contribution >= 4 is 5.97 Å². The maximum absolute atomic E-state index is 10.9. The summed E-state index contributed by atoms with van der Waals surface area (Å²) in [5, 5.41) is 19.4. The molecule has 1 aromatic carbocycles. The molecule has 2 rings (SSSR count). The van der Waals surface area contributed by atoms with Gasteiger partial charge in [0.1, 0.15) is 12.2 Å². The largest absolute Gasteiger partial charge is 0.456 e. The summed E-state index contributed by atoms with van der Waals surface area (Å²) in [7, 11) is 0. The van der Waals surface area contributed by atoms with Crippen LogP contribution in [0, 0.1) is 0 Å². The summed E-state index contributed by atoms with van der Waals surface area (Å²) < 4.78 is 4.85. The normalized spacial score (nSPS) is 27.5. The van der Waals surface area contributed by atoms with E-state index in [1.54, 1.807) is 24.3 Å². The predicted molar refractivity (Wildman–Crippen MR) is 51.9 cm³/mol. The highest BCUT2D eigenvalue weighted by Crippen LogP contribution is 2.27. The van der Waals surface area contributed by atoms with Gasteiger partial charge in [0.05, 0.1) is 6.42 Å². The Labute approximate surface area is 87.1 Å². The first kappa shape index (κ1) is 10.1. The zero-order chi connectivity index (χ0) is 10.8. The molecule has 1 aliphatic heterocycles.